The molecule has 0 saturated heterocycles. The Morgan fingerprint density at radius 3 is 2.23 bits per heavy atom. The summed E-state index contributed by atoms with van der Waals surface area (Å²) in [5, 5.41) is 7.06. The lowest BCUT2D eigenvalue weighted by molar-refractivity contribution is -0.128. The molecule has 31 heavy (non-hydrogen) atoms. The molecule has 0 aliphatic carbocycles. The summed E-state index contributed by atoms with van der Waals surface area (Å²) in [5.74, 6) is -1.33. The highest BCUT2D eigenvalue weighted by molar-refractivity contribution is 5.94. The van der Waals surface area contributed by atoms with Gasteiger partial charge < -0.3 is 10.1 Å². The molecule has 160 valence electrons. The number of esters is 1. The van der Waals surface area contributed by atoms with Gasteiger partial charge in [0.15, 0.2) is 12.4 Å². The van der Waals surface area contributed by atoms with Gasteiger partial charge >= 0.3 is 5.97 Å². The second-order valence-electron chi connectivity index (χ2n) is 7.29. The number of nitrogens with one attached hydrogen (secondary N) is 1. The predicted molar refractivity (Wildman–Crippen MR) is 116 cm³/mol. The van der Waals surface area contributed by atoms with Gasteiger partial charge in [-0.3, -0.25) is 9.59 Å². The van der Waals surface area contributed by atoms with Crippen LogP contribution in [0.3, 0.4) is 0 Å². The summed E-state index contributed by atoms with van der Waals surface area (Å²) in [4.78, 5) is 36.9. The molecule has 0 radical (unpaired) electrons. The number of Topliss-reactive ketones (excluding diaryl/α,β-unsaturated/α-hetero) is 1. The summed E-state index contributed by atoms with van der Waals surface area (Å²) in [6.45, 7) is 4.43. The zero-order valence-corrected chi connectivity index (χ0v) is 17.8. The molecular weight excluding hydrogens is 394 g/mol. The largest absolute Gasteiger partial charge is 0.452 e. The molecule has 0 aliphatic rings. The average Bonchev–Trinajstić information content (AvgIpc) is 3.07. The lowest BCUT2D eigenvalue weighted by atomic mass is 10.0. The molecule has 1 N–H and O–H groups in total. The van der Waals surface area contributed by atoms with Crippen LogP contribution in [0.2, 0.25) is 0 Å². The van der Waals surface area contributed by atoms with Gasteiger partial charge in [-0.15, -0.1) is 0 Å². The van der Waals surface area contributed by atoms with E-state index in [1.165, 1.54) is 6.92 Å². The first-order chi connectivity index (χ1) is 14.9. The van der Waals surface area contributed by atoms with Crippen molar-refractivity contribution in [3.05, 3.63) is 83.2 Å². The van der Waals surface area contributed by atoms with Gasteiger partial charge in [0.25, 0.3) is 5.91 Å². The van der Waals surface area contributed by atoms with E-state index in [1.54, 1.807) is 18.5 Å². The van der Waals surface area contributed by atoms with E-state index in [2.05, 4.69) is 10.4 Å². The van der Waals surface area contributed by atoms with Crippen molar-refractivity contribution in [3.63, 3.8) is 0 Å². The maximum absolute atomic E-state index is 12.6. The highest BCUT2D eigenvalue weighted by atomic mass is 16.5. The summed E-state index contributed by atoms with van der Waals surface area (Å²) < 4.78 is 6.88. The lowest BCUT2D eigenvalue weighted by Gasteiger charge is -2.16. The minimum absolute atomic E-state index is 0.167. The Kier molecular flexibility index (Phi) is 6.97. The van der Waals surface area contributed by atoms with Gasteiger partial charge in [-0.2, -0.15) is 5.10 Å². The van der Waals surface area contributed by atoms with Crippen LogP contribution >= 0.6 is 0 Å². The summed E-state index contributed by atoms with van der Waals surface area (Å²) in [6, 6.07) is 18.2. The number of carbonyl (C=O) groups is 3. The number of aromatic nitrogens is 2. The molecule has 0 spiro atoms. The van der Waals surface area contributed by atoms with Crippen LogP contribution in [0.4, 0.5) is 0 Å². The number of rotatable bonds is 8. The number of ketones is 1. The predicted octanol–water partition coefficient (Wildman–Crippen LogP) is 2.96. The van der Waals surface area contributed by atoms with Crippen molar-refractivity contribution >= 4 is 17.7 Å². The Morgan fingerprint density at radius 2 is 1.61 bits per heavy atom. The number of para-hydroxylation sites is 1. The molecule has 0 saturated carbocycles. The van der Waals surface area contributed by atoms with Crippen LogP contribution in [0.5, 0.6) is 0 Å². The van der Waals surface area contributed by atoms with Crippen molar-refractivity contribution in [2.45, 2.75) is 33.2 Å². The number of aryl methyl sites for hydroxylation is 1. The molecule has 1 amide bonds. The van der Waals surface area contributed by atoms with E-state index in [-0.39, 0.29) is 5.78 Å². The Morgan fingerprint density at radius 1 is 1.00 bits per heavy atom. The van der Waals surface area contributed by atoms with E-state index in [0.717, 1.165) is 11.3 Å². The molecule has 0 aliphatic heterocycles. The highest BCUT2D eigenvalue weighted by Crippen LogP contribution is 2.18. The van der Waals surface area contributed by atoms with E-state index >= 15 is 0 Å². The molecule has 1 heterocycles. The normalized spacial score (nSPS) is 11.6. The number of carbonyl (C=O) groups excluding carboxylic acids is 3. The SMILES string of the molecule is CC(=O)[C@@H](Cc1ccccc1)NC(=O)COC(=O)c1c(C)nn(-c2ccccc2)c1C. The van der Waals surface area contributed by atoms with Crippen LogP contribution in [0.25, 0.3) is 5.69 Å². The maximum Gasteiger partial charge on any atom is 0.342 e. The summed E-state index contributed by atoms with van der Waals surface area (Å²) in [7, 11) is 0. The van der Waals surface area contributed by atoms with Gasteiger partial charge in [0.1, 0.15) is 5.56 Å². The molecule has 3 rings (SSSR count). The first-order valence-corrected chi connectivity index (χ1v) is 9.99. The molecule has 2 aromatic carbocycles. The Hall–Kier alpha value is -3.74. The quantitative estimate of drug-likeness (QED) is 0.567. The van der Waals surface area contributed by atoms with Crippen molar-refractivity contribution in [3.8, 4) is 5.69 Å². The van der Waals surface area contributed by atoms with E-state index in [4.69, 9.17) is 4.74 Å². The van der Waals surface area contributed by atoms with Crippen LogP contribution in [0.1, 0.15) is 34.2 Å². The van der Waals surface area contributed by atoms with Gasteiger partial charge in [0.2, 0.25) is 0 Å². The Labute approximate surface area is 181 Å². The Balaban J connectivity index is 1.63. The monoisotopic (exact) mass is 419 g/mol. The molecule has 7 nitrogen and oxygen atoms in total. The number of amides is 1. The zero-order valence-electron chi connectivity index (χ0n) is 17.8. The fourth-order valence-corrected chi connectivity index (χ4v) is 3.34. The van der Waals surface area contributed by atoms with Gasteiger partial charge in [0, 0.05) is 0 Å². The second-order valence-corrected chi connectivity index (χ2v) is 7.29. The molecular formula is C24H25N3O4. The standard InChI is InChI=1S/C24H25N3O4/c1-16-23(17(2)27(26-16)20-12-8-5-9-13-20)24(30)31-15-22(29)25-21(18(3)28)14-19-10-6-4-7-11-19/h4-13,21H,14-15H2,1-3H3,(H,25,29)/t21-/m1/s1. The topological polar surface area (TPSA) is 90.3 Å². The van der Waals surface area contributed by atoms with E-state index in [0.29, 0.717) is 23.4 Å². The molecule has 3 aromatic rings. The van der Waals surface area contributed by atoms with Gasteiger partial charge in [0.05, 0.1) is 23.1 Å². The zero-order chi connectivity index (χ0) is 22.4. The van der Waals surface area contributed by atoms with Crippen molar-refractivity contribution in [2.75, 3.05) is 6.61 Å². The van der Waals surface area contributed by atoms with Crippen LogP contribution in [-0.2, 0) is 20.7 Å². The second kappa shape index (κ2) is 9.84. The fraction of sp³-hybridized carbons (Fsp3) is 0.250. The third-order valence-electron chi connectivity index (χ3n) is 4.94. The van der Waals surface area contributed by atoms with E-state index < -0.39 is 24.5 Å². The van der Waals surface area contributed by atoms with Crippen LogP contribution in [0.15, 0.2) is 60.7 Å². The molecule has 0 unspecified atom stereocenters. The molecule has 0 bridgehead atoms. The molecule has 7 heteroatoms. The smallest absolute Gasteiger partial charge is 0.342 e. The summed E-state index contributed by atoms with van der Waals surface area (Å²) in [5.41, 5.74) is 3.21. The van der Waals surface area contributed by atoms with Gasteiger partial charge in [-0.05, 0) is 44.9 Å². The molecule has 1 aromatic heterocycles. The van der Waals surface area contributed by atoms with Gasteiger partial charge in [-0.1, -0.05) is 48.5 Å². The Bertz CT molecular complexity index is 1070. The summed E-state index contributed by atoms with van der Waals surface area (Å²) >= 11 is 0. The maximum atomic E-state index is 12.6. The third kappa shape index (κ3) is 5.45. The van der Waals surface area contributed by atoms with E-state index in [1.807, 2.05) is 60.7 Å². The third-order valence-corrected chi connectivity index (χ3v) is 4.94. The number of benzene rings is 2. The van der Waals surface area contributed by atoms with Crippen molar-refractivity contribution in [2.24, 2.45) is 0 Å². The number of hydrogen-bond donors (Lipinski definition) is 1. The summed E-state index contributed by atoms with van der Waals surface area (Å²) in [6.07, 6.45) is 0.373. The van der Waals surface area contributed by atoms with Crippen molar-refractivity contribution < 1.29 is 19.1 Å². The minimum atomic E-state index is -0.682. The number of nitrogens with zero attached hydrogens (tertiary/aromatic N) is 2. The minimum Gasteiger partial charge on any atom is -0.452 e. The highest BCUT2D eigenvalue weighted by Gasteiger charge is 2.23. The van der Waals surface area contributed by atoms with Gasteiger partial charge in [-0.25, -0.2) is 9.48 Å². The average molecular weight is 419 g/mol. The number of ether oxygens (including phenoxy) is 1. The fourth-order valence-electron chi connectivity index (χ4n) is 3.34. The lowest BCUT2D eigenvalue weighted by Crippen LogP contribution is -2.43. The van der Waals surface area contributed by atoms with Crippen molar-refractivity contribution in [1.29, 1.82) is 0 Å². The molecule has 0 fully saturated rings. The number of hydrogen-bond acceptors (Lipinski definition) is 5. The van der Waals surface area contributed by atoms with Crippen LogP contribution in [-0.4, -0.2) is 40.1 Å². The first-order valence-electron chi connectivity index (χ1n) is 9.99. The van der Waals surface area contributed by atoms with Crippen LogP contribution < -0.4 is 5.32 Å². The van der Waals surface area contributed by atoms with Crippen molar-refractivity contribution in [1.82, 2.24) is 15.1 Å². The molecule has 1 atom stereocenters. The van der Waals surface area contributed by atoms with Crippen LogP contribution in [0, 0.1) is 13.8 Å². The first kappa shape index (κ1) is 22.0. The van der Waals surface area contributed by atoms with E-state index in [9.17, 15) is 14.4 Å².